The Bertz CT molecular complexity index is 404. The van der Waals surface area contributed by atoms with Crippen molar-refractivity contribution in [1.29, 1.82) is 0 Å². The van der Waals surface area contributed by atoms with Gasteiger partial charge in [0.15, 0.2) is 18.5 Å². The van der Waals surface area contributed by atoms with Crippen molar-refractivity contribution in [3.05, 3.63) is 0 Å². The van der Waals surface area contributed by atoms with Gasteiger partial charge in [-0.05, 0) is 0 Å². The standard InChI is InChI=1S/C7H12O10S/c1-15-3-2(8)4(17-18(12,13)14)7(11)16-5(3)6(9)10/h2-5,7-8,11H,1H3,(H,9,10)(H,12,13,14)/t2-,3-,4+,5+,7+/m0/s1. The van der Waals surface area contributed by atoms with Gasteiger partial charge in [0.05, 0.1) is 0 Å². The molecular formula is C7H12O10S. The number of rotatable bonds is 4. The maximum atomic E-state index is 10.8. The summed E-state index contributed by atoms with van der Waals surface area (Å²) in [6, 6.07) is 0. The van der Waals surface area contributed by atoms with Crippen LogP contribution in [0.2, 0.25) is 0 Å². The number of hydrogen-bond acceptors (Lipinski definition) is 8. The van der Waals surface area contributed by atoms with Gasteiger partial charge in [-0.1, -0.05) is 0 Å². The van der Waals surface area contributed by atoms with E-state index in [1.54, 1.807) is 0 Å². The van der Waals surface area contributed by atoms with E-state index in [4.69, 9.17) is 9.66 Å². The van der Waals surface area contributed by atoms with Gasteiger partial charge in [-0.25, -0.2) is 8.98 Å². The van der Waals surface area contributed by atoms with Crippen LogP contribution < -0.4 is 0 Å². The Morgan fingerprint density at radius 2 is 1.83 bits per heavy atom. The van der Waals surface area contributed by atoms with Gasteiger partial charge in [-0.2, -0.15) is 8.42 Å². The number of carboxylic acids is 1. The molecule has 0 bridgehead atoms. The van der Waals surface area contributed by atoms with E-state index in [-0.39, 0.29) is 0 Å². The summed E-state index contributed by atoms with van der Waals surface area (Å²) in [5.74, 6) is -1.52. The predicted molar refractivity (Wildman–Crippen MR) is 51.7 cm³/mol. The normalized spacial score (nSPS) is 37.4. The molecule has 11 heteroatoms. The van der Waals surface area contributed by atoms with Gasteiger partial charge in [-0.15, -0.1) is 0 Å². The summed E-state index contributed by atoms with van der Waals surface area (Å²) < 4.78 is 42.6. The van der Waals surface area contributed by atoms with Crippen LogP contribution in [0.5, 0.6) is 0 Å². The van der Waals surface area contributed by atoms with E-state index >= 15 is 0 Å². The number of aliphatic hydroxyl groups is 2. The van der Waals surface area contributed by atoms with Crippen LogP contribution in [-0.4, -0.2) is 72.1 Å². The monoisotopic (exact) mass is 288 g/mol. The first-order chi connectivity index (χ1) is 8.17. The van der Waals surface area contributed by atoms with Gasteiger partial charge >= 0.3 is 16.4 Å². The molecule has 0 aromatic rings. The molecule has 0 aromatic carbocycles. The lowest BCUT2D eigenvalue weighted by atomic mass is 9.99. The van der Waals surface area contributed by atoms with Crippen LogP contribution in [0.15, 0.2) is 0 Å². The zero-order valence-corrected chi connectivity index (χ0v) is 9.85. The van der Waals surface area contributed by atoms with Crippen LogP contribution in [-0.2, 0) is 28.9 Å². The van der Waals surface area contributed by atoms with Crippen LogP contribution >= 0.6 is 0 Å². The van der Waals surface area contributed by atoms with Gasteiger partial charge in [0.2, 0.25) is 0 Å². The summed E-state index contributed by atoms with van der Waals surface area (Å²) in [6.07, 6.45) is -8.98. The van der Waals surface area contributed by atoms with Crippen molar-refractivity contribution in [2.24, 2.45) is 0 Å². The highest BCUT2D eigenvalue weighted by atomic mass is 32.3. The minimum atomic E-state index is -4.96. The maximum Gasteiger partial charge on any atom is 0.397 e. The van der Waals surface area contributed by atoms with E-state index < -0.39 is 47.1 Å². The summed E-state index contributed by atoms with van der Waals surface area (Å²) in [5.41, 5.74) is 0. The fourth-order valence-corrected chi connectivity index (χ4v) is 2.04. The van der Waals surface area contributed by atoms with E-state index in [0.717, 1.165) is 7.11 Å². The van der Waals surface area contributed by atoms with Gasteiger partial charge in [0, 0.05) is 7.11 Å². The van der Waals surface area contributed by atoms with Crippen molar-refractivity contribution in [2.75, 3.05) is 7.11 Å². The number of carbonyl (C=O) groups is 1. The maximum absolute atomic E-state index is 10.8. The van der Waals surface area contributed by atoms with E-state index in [0.29, 0.717) is 0 Å². The molecule has 1 aliphatic heterocycles. The number of hydrogen-bond donors (Lipinski definition) is 4. The molecular weight excluding hydrogens is 276 g/mol. The molecule has 0 spiro atoms. The van der Waals surface area contributed by atoms with Crippen LogP contribution in [0.3, 0.4) is 0 Å². The molecule has 0 amide bonds. The van der Waals surface area contributed by atoms with Crippen molar-refractivity contribution in [3.8, 4) is 0 Å². The van der Waals surface area contributed by atoms with Crippen molar-refractivity contribution >= 4 is 16.4 Å². The third kappa shape index (κ3) is 3.35. The molecule has 5 atom stereocenters. The van der Waals surface area contributed by atoms with E-state index in [1.165, 1.54) is 0 Å². The second kappa shape index (κ2) is 5.44. The fourth-order valence-electron chi connectivity index (χ4n) is 1.55. The Balaban J connectivity index is 2.94. The van der Waals surface area contributed by atoms with Gasteiger partial charge < -0.3 is 24.8 Å². The molecule has 1 saturated heterocycles. The Labute approximate surface area is 102 Å². The molecule has 0 saturated carbocycles. The molecule has 18 heavy (non-hydrogen) atoms. The predicted octanol–water partition coefficient (Wildman–Crippen LogP) is -2.65. The molecule has 1 fully saturated rings. The van der Waals surface area contributed by atoms with Crippen molar-refractivity contribution in [3.63, 3.8) is 0 Å². The Morgan fingerprint density at radius 3 is 2.22 bits per heavy atom. The summed E-state index contributed by atoms with van der Waals surface area (Å²) in [4.78, 5) is 10.8. The minimum absolute atomic E-state index is 1.05. The van der Waals surface area contributed by atoms with Crippen molar-refractivity contribution in [2.45, 2.75) is 30.7 Å². The second-order valence-electron chi connectivity index (χ2n) is 3.46. The first kappa shape index (κ1) is 15.2. The molecule has 1 heterocycles. The third-order valence-electron chi connectivity index (χ3n) is 2.29. The fraction of sp³-hybridized carbons (Fsp3) is 0.857. The minimum Gasteiger partial charge on any atom is -0.479 e. The topological polar surface area (TPSA) is 160 Å². The highest BCUT2D eigenvalue weighted by Crippen LogP contribution is 2.25. The Hall–Kier alpha value is -0.820. The largest absolute Gasteiger partial charge is 0.479 e. The first-order valence-corrected chi connectivity index (χ1v) is 5.96. The van der Waals surface area contributed by atoms with Crippen LogP contribution in [0.25, 0.3) is 0 Å². The van der Waals surface area contributed by atoms with Crippen LogP contribution in [0.1, 0.15) is 0 Å². The SMILES string of the molecule is CO[C@H]1[C@H](O)[C@@H](OS(=O)(=O)O)[C@H](O)O[C@H]1C(=O)O. The number of aliphatic carboxylic acids is 1. The average Bonchev–Trinajstić information content (AvgIpc) is 2.22. The van der Waals surface area contributed by atoms with E-state index in [2.05, 4.69) is 13.7 Å². The summed E-state index contributed by atoms with van der Waals surface area (Å²) in [7, 11) is -3.91. The molecule has 1 rings (SSSR count). The summed E-state index contributed by atoms with van der Waals surface area (Å²) in [5, 5.41) is 27.7. The highest BCUT2D eigenvalue weighted by molar-refractivity contribution is 7.80. The zero-order valence-electron chi connectivity index (χ0n) is 9.03. The number of aliphatic hydroxyl groups excluding tert-OH is 2. The van der Waals surface area contributed by atoms with E-state index in [1.807, 2.05) is 0 Å². The number of ether oxygens (including phenoxy) is 2. The second-order valence-corrected chi connectivity index (χ2v) is 4.51. The van der Waals surface area contributed by atoms with Gasteiger partial charge in [0.25, 0.3) is 0 Å². The smallest absolute Gasteiger partial charge is 0.397 e. The quantitative estimate of drug-likeness (QED) is 0.402. The highest BCUT2D eigenvalue weighted by Gasteiger charge is 2.50. The van der Waals surface area contributed by atoms with E-state index in [9.17, 15) is 23.4 Å². The molecule has 0 aromatic heterocycles. The number of carboxylic acid groups (broad SMARTS) is 1. The molecule has 0 radical (unpaired) electrons. The van der Waals surface area contributed by atoms with Gasteiger partial charge in [-0.3, -0.25) is 4.55 Å². The lowest BCUT2D eigenvalue weighted by Gasteiger charge is -2.39. The Kier molecular flexibility index (Phi) is 4.61. The lowest BCUT2D eigenvalue weighted by molar-refractivity contribution is -0.278. The van der Waals surface area contributed by atoms with Crippen LogP contribution in [0.4, 0.5) is 0 Å². The molecule has 0 unspecified atom stereocenters. The Morgan fingerprint density at radius 1 is 1.28 bits per heavy atom. The third-order valence-corrected chi connectivity index (χ3v) is 2.75. The average molecular weight is 288 g/mol. The summed E-state index contributed by atoms with van der Waals surface area (Å²) in [6.45, 7) is 0. The molecule has 10 nitrogen and oxygen atoms in total. The lowest BCUT2D eigenvalue weighted by Crippen LogP contribution is -2.61. The molecule has 106 valence electrons. The first-order valence-electron chi connectivity index (χ1n) is 4.60. The molecule has 0 aliphatic carbocycles. The molecule has 4 N–H and O–H groups in total. The van der Waals surface area contributed by atoms with Gasteiger partial charge in [0.1, 0.15) is 12.2 Å². The zero-order chi connectivity index (χ0) is 14.1. The molecule has 1 aliphatic rings. The van der Waals surface area contributed by atoms with Crippen LogP contribution in [0, 0.1) is 0 Å². The summed E-state index contributed by atoms with van der Waals surface area (Å²) >= 11 is 0. The van der Waals surface area contributed by atoms with Crippen molar-refractivity contribution in [1.82, 2.24) is 0 Å². The van der Waals surface area contributed by atoms with Crippen molar-refractivity contribution < 1.29 is 46.7 Å². The number of methoxy groups -OCH3 is 1.